The average Bonchev–Trinajstić information content (AvgIpc) is 3.00. The van der Waals surface area contributed by atoms with Crippen LogP contribution in [0.3, 0.4) is 0 Å². The molecule has 2 atom stereocenters. The Morgan fingerprint density at radius 1 is 1.52 bits per heavy atom. The molecule has 0 radical (unpaired) electrons. The summed E-state index contributed by atoms with van der Waals surface area (Å²) in [6, 6.07) is 5.25. The zero-order valence-corrected chi connectivity index (χ0v) is 15.5. The molecule has 1 amide bonds. The molecular weight excluding hydrogens is 376 g/mol. The maximum absolute atomic E-state index is 12.2. The van der Waals surface area contributed by atoms with E-state index in [9.17, 15) is 13.2 Å². The minimum Gasteiger partial charge on any atom is -0.351 e. The Labute approximate surface area is 147 Å². The molecule has 9 heteroatoms. The molecule has 1 N–H and O–H groups in total. The maximum Gasteiger partial charge on any atom is 0.233 e. The number of fused-ring (bicyclic) bond motifs is 1. The molecule has 1 fully saturated rings. The first kappa shape index (κ1) is 17.0. The summed E-state index contributed by atoms with van der Waals surface area (Å²) in [5.41, 5.74) is 0.819. The molecule has 0 spiro atoms. The first-order valence-corrected chi connectivity index (χ1v) is 11.0. The molecule has 1 saturated heterocycles. The minimum absolute atomic E-state index is 0.0375. The number of thiazole rings is 1. The lowest BCUT2D eigenvalue weighted by atomic mass is 10.2. The fraction of sp³-hybridized carbons (Fsp3) is 0.429. The van der Waals surface area contributed by atoms with Crippen molar-refractivity contribution >= 4 is 60.7 Å². The number of thioether (sulfide) groups is 1. The van der Waals surface area contributed by atoms with E-state index in [1.807, 2.05) is 12.1 Å². The number of carbonyl (C=O) groups is 1. The maximum atomic E-state index is 12.2. The van der Waals surface area contributed by atoms with Crippen LogP contribution >= 0.6 is 34.7 Å². The van der Waals surface area contributed by atoms with Gasteiger partial charge in [-0.1, -0.05) is 23.4 Å². The summed E-state index contributed by atoms with van der Waals surface area (Å²) in [5, 5.41) is 3.11. The summed E-state index contributed by atoms with van der Waals surface area (Å²) in [5.74, 6) is 0.0304. The molecule has 0 saturated carbocycles. The smallest absolute Gasteiger partial charge is 0.233 e. The van der Waals surface area contributed by atoms with Gasteiger partial charge in [0.2, 0.25) is 5.91 Å². The second-order valence-corrected chi connectivity index (χ2v) is 10.7. The highest BCUT2D eigenvalue weighted by Gasteiger charge is 2.30. The fourth-order valence-corrected chi connectivity index (χ4v) is 6.40. The van der Waals surface area contributed by atoms with Crippen LogP contribution in [-0.2, 0) is 14.6 Å². The van der Waals surface area contributed by atoms with Crippen molar-refractivity contribution in [2.45, 2.75) is 29.0 Å². The molecule has 0 unspecified atom stereocenters. The van der Waals surface area contributed by atoms with Gasteiger partial charge in [-0.05, 0) is 31.5 Å². The number of hydrogen-bond donors (Lipinski definition) is 1. The van der Waals surface area contributed by atoms with Crippen LogP contribution in [0.5, 0.6) is 0 Å². The van der Waals surface area contributed by atoms with E-state index < -0.39 is 9.84 Å². The molecule has 1 aromatic carbocycles. The van der Waals surface area contributed by atoms with Crippen LogP contribution in [0.15, 0.2) is 22.5 Å². The highest BCUT2D eigenvalue weighted by Crippen LogP contribution is 2.33. The molecule has 0 bridgehead atoms. The lowest BCUT2D eigenvalue weighted by Crippen LogP contribution is -2.39. The number of nitrogens with one attached hydrogen (secondary N) is 1. The van der Waals surface area contributed by atoms with E-state index in [0.29, 0.717) is 11.4 Å². The number of nitrogens with zero attached hydrogens (tertiary/aromatic N) is 1. The third-order valence-electron chi connectivity index (χ3n) is 3.56. The Morgan fingerprint density at radius 3 is 3.00 bits per heavy atom. The van der Waals surface area contributed by atoms with Crippen LogP contribution in [0.2, 0.25) is 5.02 Å². The quantitative estimate of drug-likeness (QED) is 0.812. The SMILES string of the molecule is C[C@H](Sc1nc2cc(Cl)ccc2s1)C(=O)N[C@@H]1CCS(=O)(=O)C1. The molecule has 1 aliphatic rings. The second-order valence-electron chi connectivity index (χ2n) is 5.46. The molecule has 0 aliphatic carbocycles. The van der Waals surface area contributed by atoms with Crippen molar-refractivity contribution in [2.24, 2.45) is 0 Å². The van der Waals surface area contributed by atoms with Gasteiger partial charge >= 0.3 is 0 Å². The fourth-order valence-electron chi connectivity index (χ4n) is 2.36. The standard InChI is InChI=1S/C14H15ClN2O3S3/c1-8(13(18)16-10-4-5-23(19,20)7-10)21-14-17-11-6-9(15)2-3-12(11)22-14/h2-3,6,8,10H,4-5,7H2,1H3,(H,16,18)/t8-,10+/m0/s1. The highest BCUT2D eigenvalue weighted by molar-refractivity contribution is 8.02. The second kappa shape index (κ2) is 6.58. The molecule has 124 valence electrons. The Balaban J connectivity index is 1.63. The van der Waals surface area contributed by atoms with Gasteiger partial charge in [-0.2, -0.15) is 0 Å². The van der Waals surface area contributed by atoms with Crippen molar-refractivity contribution < 1.29 is 13.2 Å². The van der Waals surface area contributed by atoms with E-state index in [1.165, 1.54) is 23.1 Å². The Kier molecular flexibility index (Phi) is 4.87. The largest absolute Gasteiger partial charge is 0.351 e. The lowest BCUT2D eigenvalue weighted by molar-refractivity contribution is -0.120. The Morgan fingerprint density at radius 2 is 2.30 bits per heavy atom. The normalized spacial score (nSPS) is 21.4. The number of halogens is 1. The highest BCUT2D eigenvalue weighted by atomic mass is 35.5. The summed E-state index contributed by atoms with van der Waals surface area (Å²) in [6.45, 7) is 1.79. The van der Waals surface area contributed by atoms with Crippen molar-refractivity contribution in [1.82, 2.24) is 10.3 Å². The van der Waals surface area contributed by atoms with Gasteiger partial charge in [0.15, 0.2) is 14.2 Å². The van der Waals surface area contributed by atoms with Crippen LogP contribution in [0, 0.1) is 0 Å². The number of sulfone groups is 1. The first-order chi connectivity index (χ1) is 10.8. The van der Waals surface area contributed by atoms with Crippen LogP contribution < -0.4 is 5.32 Å². The van der Waals surface area contributed by atoms with Gasteiger partial charge in [-0.3, -0.25) is 4.79 Å². The zero-order chi connectivity index (χ0) is 16.6. The summed E-state index contributed by atoms with van der Waals surface area (Å²) < 4.78 is 24.7. The monoisotopic (exact) mass is 390 g/mol. The summed E-state index contributed by atoms with van der Waals surface area (Å²) in [6.07, 6.45) is 0.491. The number of hydrogen-bond acceptors (Lipinski definition) is 6. The number of carbonyl (C=O) groups excluding carboxylic acids is 1. The van der Waals surface area contributed by atoms with Gasteiger partial charge in [-0.15, -0.1) is 11.3 Å². The topological polar surface area (TPSA) is 76.1 Å². The number of rotatable bonds is 4. The van der Waals surface area contributed by atoms with Gasteiger partial charge in [0, 0.05) is 11.1 Å². The molecule has 1 aliphatic heterocycles. The first-order valence-electron chi connectivity index (χ1n) is 7.06. The van der Waals surface area contributed by atoms with Gasteiger partial charge in [0.05, 0.1) is 27.0 Å². The molecule has 5 nitrogen and oxygen atoms in total. The van der Waals surface area contributed by atoms with Crippen molar-refractivity contribution in [3.8, 4) is 0 Å². The van der Waals surface area contributed by atoms with E-state index in [1.54, 1.807) is 13.0 Å². The molecular formula is C14H15ClN2O3S3. The van der Waals surface area contributed by atoms with Crippen LogP contribution in [0.25, 0.3) is 10.2 Å². The third-order valence-corrected chi connectivity index (χ3v) is 7.79. The van der Waals surface area contributed by atoms with E-state index in [0.717, 1.165) is 14.6 Å². The number of amides is 1. The average molecular weight is 391 g/mol. The van der Waals surface area contributed by atoms with Crippen molar-refractivity contribution in [1.29, 1.82) is 0 Å². The summed E-state index contributed by atoms with van der Waals surface area (Å²) in [4.78, 5) is 16.7. The zero-order valence-electron chi connectivity index (χ0n) is 12.3. The minimum atomic E-state index is -2.99. The van der Waals surface area contributed by atoms with Crippen LogP contribution in [0.4, 0.5) is 0 Å². The predicted molar refractivity (Wildman–Crippen MR) is 95.2 cm³/mol. The molecule has 23 heavy (non-hydrogen) atoms. The molecule has 2 aromatic rings. The van der Waals surface area contributed by atoms with E-state index in [-0.39, 0.29) is 28.7 Å². The Hall–Kier alpha value is -0.830. The summed E-state index contributed by atoms with van der Waals surface area (Å²) >= 11 is 8.83. The predicted octanol–water partition coefficient (Wildman–Crippen LogP) is 2.73. The Bertz CT molecular complexity index is 850. The van der Waals surface area contributed by atoms with Crippen molar-refractivity contribution in [2.75, 3.05) is 11.5 Å². The van der Waals surface area contributed by atoms with Gasteiger partial charge < -0.3 is 5.32 Å². The molecule has 2 heterocycles. The van der Waals surface area contributed by atoms with Crippen LogP contribution in [-0.4, -0.2) is 42.1 Å². The van der Waals surface area contributed by atoms with E-state index in [4.69, 9.17) is 11.6 Å². The lowest BCUT2D eigenvalue weighted by Gasteiger charge is -2.14. The van der Waals surface area contributed by atoms with Gasteiger partial charge in [-0.25, -0.2) is 13.4 Å². The summed E-state index contributed by atoms with van der Waals surface area (Å²) in [7, 11) is -2.99. The third kappa shape index (κ3) is 4.17. The van der Waals surface area contributed by atoms with Gasteiger partial charge in [0.1, 0.15) is 0 Å². The molecule has 1 aromatic heterocycles. The van der Waals surface area contributed by atoms with E-state index in [2.05, 4.69) is 10.3 Å². The van der Waals surface area contributed by atoms with Crippen LogP contribution in [0.1, 0.15) is 13.3 Å². The number of benzene rings is 1. The van der Waals surface area contributed by atoms with Crippen molar-refractivity contribution in [3.63, 3.8) is 0 Å². The molecule has 3 rings (SSSR count). The van der Waals surface area contributed by atoms with Gasteiger partial charge in [0.25, 0.3) is 0 Å². The van der Waals surface area contributed by atoms with Crippen molar-refractivity contribution in [3.05, 3.63) is 23.2 Å². The van der Waals surface area contributed by atoms with E-state index >= 15 is 0 Å². The number of aromatic nitrogens is 1.